The van der Waals surface area contributed by atoms with Gasteiger partial charge in [0.2, 0.25) is 10.0 Å². The van der Waals surface area contributed by atoms with E-state index in [0.29, 0.717) is 59.7 Å². The van der Waals surface area contributed by atoms with Crippen molar-refractivity contribution in [2.45, 2.75) is 16.8 Å². The highest BCUT2D eigenvalue weighted by atomic mass is 32.2. The number of rotatable bonds is 6. The highest BCUT2D eigenvalue weighted by molar-refractivity contribution is 7.98. The number of nitrogens with one attached hydrogen (secondary N) is 1. The van der Waals surface area contributed by atoms with E-state index in [4.69, 9.17) is 4.42 Å². The van der Waals surface area contributed by atoms with Crippen molar-refractivity contribution in [1.82, 2.24) is 19.2 Å². The molecule has 0 atom stereocenters. The van der Waals surface area contributed by atoms with E-state index in [0.717, 1.165) is 0 Å². The lowest BCUT2D eigenvalue weighted by Gasteiger charge is -2.31. The summed E-state index contributed by atoms with van der Waals surface area (Å²) in [7, 11) is -1.59. The Labute approximate surface area is 197 Å². The lowest BCUT2D eigenvalue weighted by Crippen LogP contribution is -2.46. The topological polar surface area (TPSA) is 109 Å². The molecule has 1 aliphatic rings. The zero-order valence-electron chi connectivity index (χ0n) is 18.6. The van der Waals surface area contributed by atoms with Crippen LogP contribution in [-0.4, -0.2) is 73.0 Å². The number of aryl methyl sites for hydroxylation is 1. The first-order chi connectivity index (χ1) is 15.8. The van der Waals surface area contributed by atoms with Crippen LogP contribution in [0.4, 0.5) is 5.69 Å². The number of sulfonamides is 1. The Morgan fingerprint density at radius 1 is 1.09 bits per heavy atom. The summed E-state index contributed by atoms with van der Waals surface area (Å²) < 4.78 is 32.7. The van der Waals surface area contributed by atoms with Crippen LogP contribution in [0.5, 0.6) is 0 Å². The fourth-order valence-electron chi connectivity index (χ4n) is 3.55. The number of aromatic nitrogens is 2. The number of carbonyl (C=O) groups excluding carboxylic acids is 1. The van der Waals surface area contributed by atoms with Crippen molar-refractivity contribution in [1.29, 1.82) is 0 Å². The first-order valence-corrected chi connectivity index (χ1v) is 13.0. The second-order valence-electron chi connectivity index (χ2n) is 7.68. The molecule has 0 aliphatic carbocycles. The van der Waals surface area contributed by atoms with E-state index in [9.17, 15) is 13.2 Å². The number of carbonyl (C=O) groups is 1. The van der Waals surface area contributed by atoms with Gasteiger partial charge in [-0.15, -0.1) is 11.8 Å². The second kappa shape index (κ2) is 9.64. The number of piperazine rings is 1. The smallest absolute Gasteiger partial charge is 0.260 e. The van der Waals surface area contributed by atoms with Crippen LogP contribution in [-0.2, 0) is 10.0 Å². The average molecular weight is 488 g/mol. The molecule has 2 aromatic heterocycles. The van der Waals surface area contributed by atoms with E-state index < -0.39 is 10.0 Å². The fourth-order valence-corrected chi connectivity index (χ4v) is 5.60. The number of hydrogen-bond acceptors (Lipinski definition) is 8. The van der Waals surface area contributed by atoms with Crippen LogP contribution >= 0.6 is 11.8 Å². The van der Waals surface area contributed by atoms with Gasteiger partial charge in [-0.2, -0.15) is 4.31 Å². The Morgan fingerprint density at radius 3 is 2.39 bits per heavy atom. The maximum atomic E-state index is 13.0. The Hall–Kier alpha value is -2.73. The zero-order chi connectivity index (χ0) is 23.6. The predicted molar refractivity (Wildman–Crippen MR) is 127 cm³/mol. The molecule has 0 saturated carbocycles. The molecular formula is C22H25N5O4S2. The molecule has 0 unspecified atom stereocenters. The van der Waals surface area contributed by atoms with E-state index in [-0.39, 0.29) is 10.8 Å². The van der Waals surface area contributed by atoms with Gasteiger partial charge in [0.05, 0.1) is 22.4 Å². The molecule has 174 valence electrons. The molecule has 1 aliphatic heterocycles. The van der Waals surface area contributed by atoms with Gasteiger partial charge in [0.25, 0.3) is 5.91 Å². The molecule has 9 nitrogen and oxygen atoms in total. The zero-order valence-corrected chi connectivity index (χ0v) is 20.2. The van der Waals surface area contributed by atoms with Gasteiger partial charge in [0, 0.05) is 31.9 Å². The summed E-state index contributed by atoms with van der Waals surface area (Å²) in [5, 5.41) is 3.35. The molecule has 33 heavy (non-hydrogen) atoms. The van der Waals surface area contributed by atoms with Gasteiger partial charge in [-0.1, -0.05) is 0 Å². The largest absolute Gasteiger partial charge is 0.461 e. The van der Waals surface area contributed by atoms with Crippen LogP contribution < -0.4 is 5.32 Å². The Kier molecular flexibility index (Phi) is 6.84. The van der Waals surface area contributed by atoms with Gasteiger partial charge in [-0.25, -0.2) is 18.4 Å². The van der Waals surface area contributed by atoms with E-state index in [1.807, 2.05) is 13.3 Å². The lowest BCUT2D eigenvalue weighted by atomic mass is 10.2. The minimum Gasteiger partial charge on any atom is -0.461 e. The molecule has 0 radical (unpaired) electrons. The first-order valence-electron chi connectivity index (χ1n) is 10.4. The minimum atomic E-state index is -3.56. The highest BCUT2D eigenvalue weighted by Gasteiger charge is 2.27. The summed E-state index contributed by atoms with van der Waals surface area (Å²) >= 11 is 1.34. The van der Waals surface area contributed by atoms with Crippen LogP contribution in [0, 0.1) is 6.92 Å². The minimum absolute atomic E-state index is 0.206. The molecule has 4 rings (SSSR count). The van der Waals surface area contributed by atoms with Crippen molar-refractivity contribution in [3.05, 3.63) is 53.9 Å². The van der Waals surface area contributed by atoms with Gasteiger partial charge in [0.15, 0.2) is 11.6 Å². The van der Waals surface area contributed by atoms with E-state index >= 15 is 0 Å². The molecule has 11 heteroatoms. The third-order valence-corrected chi connectivity index (χ3v) is 8.03. The van der Waals surface area contributed by atoms with Crippen molar-refractivity contribution in [2.75, 3.05) is 44.8 Å². The van der Waals surface area contributed by atoms with Crippen LogP contribution in [0.2, 0.25) is 0 Å². The normalized spacial score (nSPS) is 15.5. The van der Waals surface area contributed by atoms with Gasteiger partial charge in [-0.3, -0.25) is 4.79 Å². The summed E-state index contributed by atoms with van der Waals surface area (Å²) in [5.74, 6) is 0.576. The van der Waals surface area contributed by atoms with Crippen molar-refractivity contribution in [2.24, 2.45) is 0 Å². The summed E-state index contributed by atoms with van der Waals surface area (Å²) in [4.78, 5) is 24.2. The lowest BCUT2D eigenvalue weighted by molar-refractivity contribution is 0.102. The molecule has 1 aromatic carbocycles. The number of thioether (sulfide) groups is 1. The average Bonchev–Trinajstić information content (AvgIpc) is 3.34. The second-order valence-corrected chi connectivity index (χ2v) is 10.4. The van der Waals surface area contributed by atoms with Crippen LogP contribution in [0.25, 0.3) is 11.6 Å². The third-order valence-electron chi connectivity index (χ3n) is 5.43. The molecule has 3 aromatic rings. The number of nitrogens with zero attached hydrogens (tertiary/aromatic N) is 4. The molecule has 1 amide bonds. The van der Waals surface area contributed by atoms with Crippen LogP contribution in [0.15, 0.2) is 57.0 Å². The first kappa shape index (κ1) is 23.4. The van der Waals surface area contributed by atoms with Crippen LogP contribution in [0.3, 0.4) is 0 Å². The monoisotopic (exact) mass is 487 g/mol. The summed E-state index contributed by atoms with van der Waals surface area (Å²) in [6.07, 6.45) is 3.38. The van der Waals surface area contributed by atoms with Crippen molar-refractivity contribution in [3.63, 3.8) is 0 Å². The number of benzene rings is 1. The van der Waals surface area contributed by atoms with Crippen LogP contribution in [0.1, 0.15) is 16.1 Å². The maximum absolute atomic E-state index is 13.0. The van der Waals surface area contributed by atoms with Gasteiger partial charge < -0.3 is 14.6 Å². The molecule has 1 saturated heterocycles. The quantitative estimate of drug-likeness (QED) is 0.418. The number of amides is 1. The SMILES string of the molecule is CSc1nc(-c2ccco2)nc(C)c1C(=O)Nc1ccc(S(=O)(=O)N2CCN(C)CC2)cc1. The Bertz CT molecular complexity index is 1240. The van der Waals surface area contributed by atoms with Gasteiger partial charge in [-0.05, 0) is 56.6 Å². The number of likely N-dealkylation sites (N-methyl/N-ethyl adjacent to an activating group) is 1. The van der Waals surface area contributed by atoms with Crippen molar-refractivity contribution >= 4 is 33.4 Å². The molecule has 3 heterocycles. The highest BCUT2D eigenvalue weighted by Crippen LogP contribution is 2.26. The Balaban J connectivity index is 1.52. The predicted octanol–water partition coefficient (Wildman–Crippen LogP) is 2.96. The molecular weight excluding hydrogens is 462 g/mol. The summed E-state index contributed by atoms with van der Waals surface area (Å²) in [5.41, 5.74) is 1.37. The van der Waals surface area contributed by atoms with E-state index in [1.165, 1.54) is 28.2 Å². The van der Waals surface area contributed by atoms with Crippen molar-refractivity contribution < 1.29 is 17.6 Å². The van der Waals surface area contributed by atoms with Crippen molar-refractivity contribution in [3.8, 4) is 11.6 Å². The molecule has 0 bridgehead atoms. The Morgan fingerprint density at radius 2 is 1.79 bits per heavy atom. The maximum Gasteiger partial charge on any atom is 0.260 e. The molecule has 1 N–H and O–H groups in total. The molecule has 0 spiro atoms. The third kappa shape index (κ3) is 4.96. The standard InChI is InChI=1S/C22H25N5O4S2/c1-15-19(22(32-3)25-20(23-15)18-5-4-14-31-18)21(28)24-16-6-8-17(9-7-16)33(29,30)27-12-10-26(2)11-13-27/h4-9,14H,10-13H2,1-3H3,(H,24,28). The van der Waals surface area contributed by atoms with E-state index in [2.05, 4.69) is 20.2 Å². The van der Waals surface area contributed by atoms with Gasteiger partial charge >= 0.3 is 0 Å². The molecule has 1 fully saturated rings. The number of anilines is 1. The van der Waals surface area contributed by atoms with Gasteiger partial charge in [0.1, 0.15) is 5.03 Å². The number of hydrogen-bond donors (Lipinski definition) is 1. The summed E-state index contributed by atoms with van der Waals surface area (Å²) in [6.45, 7) is 4.06. The summed E-state index contributed by atoms with van der Waals surface area (Å²) in [6, 6.07) is 9.72. The van der Waals surface area contributed by atoms with E-state index in [1.54, 1.807) is 37.5 Å². The number of furan rings is 1. The fraction of sp³-hybridized carbons (Fsp3) is 0.318.